The molecular formula is C18H24N2. The fourth-order valence-corrected chi connectivity index (χ4v) is 2.65. The van der Waals surface area contributed by atoms with Gasteiger partial charge in [-0.1, -0.05) is 69.4 Å². The van der Waals surface area contributed by atoms with Crippen molar-refractivity contribution in [2.75, 3.05) is 0 Å². The van der Waals surface area contributed by atoms with E-state index in [4.69, 9.17) is 5.26 Å². The van der Waals surface area contributed by atoms with Crippen LogP contribution in [-0.4, -0.2) is 0 Å². The molecule has 1 aromatic rings. The van der Waals surface area contributed by atoms with E-state index in [0.717, 1.165) is 18.4 Å². The maximum absolute atomic E-state index is 9.70. The normalized spacial score (nSPS) is 13.2. The van der Waals surface area contributed by atoms with Gasteiger partial charge in [-0.2, -0.15) is 10.5 Å². The zero-order valence-corrected chi connectivity index (χ0v) is 12.4. The highest BCUT2D eigenvalue weighted by atomic mass is 14.4. The Labute approximate surface area is 123 Å². The molecule has 1 aromatic carbocycles. The molecular weight excluding hydrogens is 244 g/mol. The largest absolute Gasteiger partial charge is 0.198 e. The lowest BCUT2D eigenvalue weighted by Crippen LogP contribution is -2.24. The monoisotopic (exact) mass is 268 g/mol. The van der Waals surface area contributed by atoms with Gasteiger partial charge in [0.15, 0.2) is 0 Å². The lowest BCUT2D eigenvalue weighted by Gasteiger charge is -2.26. The first-order valence-electron chi connectivity index (χ1n) is 7.63. The molecule has 0 aromatic heterocycles. The molecule has 1 atom stereocenters. The zero-order chi connectivity index (χ0) is 14.7. The van der Waals surface area contributed by atoms with Gasteiger partial charge < -0.3 is 0 Å². The molecule has 0 unspecified atom stereocenters. The summed E-state index contributed by atoms with van der Waals surface area (Å²) in [5, 5.41) is 18.6. The summed E-state index contributed by atoms with van der Waals surface area (Å²) in [4.78, 5) is 0. The Hall–Kier alpha value is -1.80. The molecule has 0 bridgehead atoms. The van der Waals surface area contributed by atoms with Crippen LogP contribution in [0.25, 0.3) is 0 Å². The van der Waals surface area contributed by atoms with E-state index in [-0.39, 0.29) is 0 Å². The third kappa shape index (κ3) is 4.71. The van der Waals surface area contributed by atoms with Crippen molar-refractivity contribution in [3.05, 3.63) is 35.9 Å². The van der Waals surface area contributed by atoms with Crippen LogP contribution in [0.1, 0.15) is 63.9 Å². The zero-order valence-electron chi connectivity index (χ0n) is 12.4. The second-order valence-electron chi connectivity index (χ2n) is 5.38. The highest BCUT2D eigenvalue weighted by Gasteiger charge is 2.31. The van der Waals surface area contributed by atoms with Crippen LogP contribution >= 0.6 is 0 Å². The lowest BCUT2D eigenvalue weighted by atomic mass is 9.74. The standard InChI is InChI=1S/C18H24N2/c1-2-3-4-5-9-13-18(16-20,14-10-15-19)17-11-7-6-8-12-17/h6-8,11-12H,2-5,9-10,13-14H2,1H3/t18-/m0/s1. The highest BCUT2D eigenvalue weighted by Crippen LogP contribution is 2.34. The summed E-state index contributed by atoms with van der Waals surface area (Å²) >= 11 is 0. The summed E-state index contributed by atoms with van der Waals surface area (Å²) in [5.41, 5.74) is 0.580. The van der Waals surface area contributed by atoms with E-state index in [9.17, 15) is 5.26 Å². The van der Waals surface area contributed by atoms with Crippen LogP contribution in [0.3, 0.4) is 0 Å². The van der Waals surface area contributed by atoms with Gasteiger partial charge in [0.1, 0.15) is 0 Å². The van der Waals surface area contributed by atoms with Gasteiger partial charge >= 0.3 is 0 Å². The van der Waals surface area contributed by atoms with Gasteiger partial charge in [-0.15, -0.1) is 0 Å². The summed E-state index contributed by atoms with van der Waals surface area (Å²) in [5.74, 6) is 0. The number of nitrogens with zero attached hydrogens (tertiary/aromatic N) is 2. The van der Waals surface area contributed by atoms with Crippen molar-refractivity contribution in [2.45, 2.75) is 63.7 Å². The Morgan fingerprint density at radius 1 is 0.950 bits per heavy atom. The van der Waals surface area contributed by atoms with E-state index in [1.54, 1.807) is 0 Å². The molecule has 0 saturated carbocycles. The van der Waals surface area contributed by atoms with E-state index in [2.05, 4.69) is 19.1 Å². The molecule has 2 nitrogen and oxygen atoms in total. The van der Waals surface area contributed by atoms with Crippen molar-refractivity contribution >= 4 is 0 Å². The molecule has 0 saturated heterocycles. The van der Waals surface area contributed by atoms with Gasteiger partial charge in [0.25, 0.3) is 0 Å². The summed E-state index contributed by atoms with van der Waals surface area (Å²) in [7, 11) is 0. The van der Waals surface area contributed by atoms with E-state index < -0.39 is 5.41 Å². The molecule has 0 amide bonds. The average molecular weight is 268 g/mol. The molecule has 0 radical (unpaired) electrons. The first kappa shape index (κ1) is 16.3. The highest BCUT2D eigenvalue weighted by molar-refractivity contribution is 5.32. The Balaban J connectivity index is 2.74. The SMILES string of the molecule is CCCCCCC[C@@](C#N)(CCC#N)c1ccccc1. The first-order chi connectivity index (χ1) is 9.79. The predicted molar refractivity (Wildman–Crippen MR) is 82.0 cm³/mol. The van der Waals surface area contributed by atoms with Gasteiger partial charge in [0.05, 0.1) is 17.6 Å². The Bertz CT molecular complexity index is 453. The molecule has 106 valence electrons. The molecule has 2 heteroatoms. The molecule has 0 spiro atoms. The van der Waals surface area contributed by atoms with Crippen LogP contribution in [0.5, 0.6) is 0 Å². The van der Waals surface area contributed by atoms with Crippen LogP contribution in [0.4, 0.5) is 0 Å². The van der Waals surface area contributed by atoms with Crippen LogP contribution < -0.4 is 0 Å². The molecule has 0 aliphatic carbocycles. The van der Waals surface area contributed by atoms with Crippen molar-refractivity contribution in [1.29, 1.82) is 10.5 Å². The molecule has 0 aliphatic rings. The summed E-state index contributed by atoms with van der Waals surface area (Å²) in [6.07, 6.45) is 7.92. The topological polar surface area (TPSA) is 47.6 Å². The van der Waals surface area contributed by atoms with E-state index in [0.29, 0.717) is 12.8 Å². The second-order valence-corrected chi connectivity index (χ2v) is 5.38. The van der Waals surface area contributed by atoms with Crippen LogP contribution in [0.2, 0.25) is 0 Å². The molecule has 0 N–H and O–H groups in total. The summed E-state index contributed by atoms with van der Waals surface area (Å²) in [6.45, 7) is 2.20. The number of unbranched alkanes of at least 4 members (excludes halogenated alkanes) is 4. The van der Waals surface area contributed by atoms with Crippen LogP contribution in [0, 0.1) is 22.7 Å². The van der Waals surface area contributed by atoms with Crippen molar-refractivity contribution in [3.63, 3.8) is 0 Å². The molecule has 1 rings (SSSR count). The minimum atomic E-state index is -0.483. The van der Waals surface area contributed by atoms with E-state index in [1.165, 1.54) is 25.7 Å². The summed E-state index contributed by atoms with van der Waals surface area (Å²) in [6, 6.07) is 14.7. The maximum atomic E-state index is 9.70. The predicted octanol–water partition coefficient (Wildman–Crippen LogP) is 5.11. The van der Waals surface area contributed by atoms with Crippen molar-refractivity contribution in [1.82, 2.24) is 0 Å². The van der Waals surface area contributed by atoms with Crippen molar-refractivity contribution in [2.24, 2.45) is 0 Å². The third-order valence-corrected chi connectivity index (χ3v) is 3.91. The molecule has 20 heavy (non-hydrogen) atoms. The number of hydrogen-bond acceptors (Lipinski definition) is 2. The van der Waals surface area contributed by atoms with Crippen LogP contribution in [0.15, 0.2) is 30.3 Å². The molecule has 0 fully saturated rings. The minimum Gasteiger partial charge on any atom is -0.198 e. The average Bonchev–Trinajstić information content (AvgIpc) is 2.51. The van der Waals surface area contributed by atoms with E-state index >= 15 is 0 Å². The number of benzene rings is 1. The van der Waals surface area contributed by atoms with Gasteiger partial charge in [-0.3, -0.25) is 0 Å². The van der Waals surface area contributed by atoms with Gasteiger partial charge in [0, 0.05) is 6.42 Å². The number of hydrogen-bond donors (Lipinski definition) is 0. The number of nitriles is 2. The fraction of sp³-hybridized carbons (Fsp3) is 0.556. The van der Waals surface area contributed by atoms with E-state index in [1.807, 2.05) is 30.3 Å². The third-order valence-electron chi connectivity index (χ3n) is 3.91. The van der Waals surface area contributed by atoms with Gasteiger partial charge in [-0.05, 0) is 18.4 Å². The first-order valence-corrected chi connectivity index (χ1v) is 7.63. The van der Waals surface area contributed by atoms with Crippen LogP contribution in [-0.2, 0) is 5.41 Å². The minimum absolute atomic E-state index is 0.442. The fourth-order valence-electron chi connectivity index (χ4n) is 2.65. The van der Waals surface area contributed by atoms with Gasteiger partial charge in [-0.25, -0.2) is 0 Å². The van der Waals surface area contributed by atoms with Crippen molar-refractivity contribution in [3.8, 4) is 12.1 Å². The maximum Gasteiger partial charge on any atom is 0.0832 e. The number of rotatable bonds is 9. The summed E-state index contributed by atoms with van der Waals surface area (Å²) < 4.78 is 0. The lowest BCUT2D eigenvalue weighted by molar-refractivity contribution is 0.439. The smallest absolute Gasteiger partial charge is 0.0832 e. The molecule has 0 heterocycles. The second kappa shape index (κ2) is 9.16. The Kier molecular flexibility index (Phi) is 7.44. The molecule has 0 aliphatic heterocycles. The van der Waals surface area contributed by atoms with Gasteiger partial charge in [0.2, 0.25) is 0 Å². The quantitative estimate of drug-likeness (QED) is 0.584. The Morgan fingerprint density at radius 3 is 2.25 bits per heavy atom. The Morgan fingerprint density at radius 2 is 1.65 bits per heavy atom. The van der Waals surface area contributed by atoms with Crippen molar-refractivity contribution < 1.29 is 0 Å².